The van der Waals surface area contributed by atoms with Gasteiger partial charge in [-0.25, -0.2) is 5.01 Å². The largest absolute Gasteiger partial charge is 0.361 e. The average molecular weight is 334 g/mol. The molecule has 0 unspecified atom stereocenters. The Morgan fingerprint density at radius 3 is 2.48 bits per heavy atom. The highest BCUT2D eigenvalue weighted by Crippen LogP contribution is 2.19. The topological polar surface area (TPSA) is 51.4 Å². The maximum absolute atomic E-state index is 12.2. The minimum Gasteiger partial charge on any atom is -0.361 e. The molecule has 1 aliphatic heterocycles. The summed E-state index contributed by atoms with van der Waals surface area (Å²) in [4.78, 5) is 18.0. The first kappa shape index (κ1) is 15.9. The Hall–Kier alpha value is -2.63. The van der Waals surface area contributed by atoms with Crippen LogP contribution in [0.5, 0.6) is 0 Å². The predicted octanol–water partition coefficient (Wildman–Crippen LogP) is 2.63. The Labute approximate surface area is 147 Å². The Morgan fingerprint density at radius 1 is 0.960 bits per heavy atom. The van der Waals surface area contributed by atoms with Crippen LogP contribution in [0.25, 0.3) is 10.9 Å². The zero-order valence-electron chi connectivity index (χ0n) is 14.1. The van der Waals surface area contributed by atoms with E-state index in [1.54, 1.807) is 0 Å². The van der Waals surface area contributed by atoms with Gasteiger partial charge in [-0.2, -0.15) is 0 Å². The lowest BCUT2D eigenvalue weighted by Crippen LogP contribution is -2.53. The van der Waals surface area contributed by atoms with Gasteiger partial charge in [-0.05, 0) is 23.8 Å². The second kappa shape index (κ2) is 7.09. The number of H-pyrrole nitrogens is 1. The summed E-state index contributed by atoms with van der Waals surface area (Å²) in [7, 11) is 0. The summed E-state index contributed by atoms with van der Waals surface area (Å²) in [5.74, 6) is -0.0364. The van der Waals surface area contributed by atoms with E-state index < -0.39 is 0 Å². The highest BCUT2D eigenvalue weighted by molar-refractivity contribution is 5.93. The number of piperazine rings is 1. The zero-order chi connectivity index (χ0) is 17.1. The van der Waals surface area contributed by atoms with Crippen molar-refractivity contribution in [2.45, 2.75) is 6.54 Å². The van der Waals surface area contributed by atoms with Crippen molar-refractivity contribution in [1.29, 1.82) is 0 Å². The highest BCUT2D eigenvalue weighted by Gasteiger charge is 2.19. The third-order valence-electron chi connectivity index (χ3n) is 4.74. The van der Waals surface area contributed by atoms with Crippen molar-refractivity contribution in [2.24, 2.45) is 0 Å². The van der Waals surface area contributed by atoms with Gasteiger partial charge in [0, 0.05) is 55.4 Å². The molecule has 1 saturated heterocycles. The number of nitrogens with zero attached hydrogens (tertiary/aromatic N) is 2. The molecule has 5 nitrogen and oxygen atoms in total. The van der Waals surface area contributed by atoms with Crippen LogP contribution in [-0.2, 0) is 6.54 Å². The summed E-state index contributed by atoms with van der Waals surface area (Å²) in [5.41, 5.74) is 6.22. The van der Waals surface area contributed by atoms with Gasteiger partial charge in [0.1, 0.15) is 0 Å². The van der Waals surface area contributed by atoms with Gasteiger partial charge in [-0.1, -0.05) is 36.4 Å². The van der Waals surface area contributed by atoms with E-state index >= 15 is 0 Å². The number of carbonyl (C=O) groups is 1. The fourth-order valence-corrected chi connectivity index (χ4v) is 3.32. The molecule has 25 heavy (non-hydrogen) atoms. The molecule has 0 radical (unpaired) electrons. The number of amides is 1. The van der Waals surface area contributed by atoms with E-state index in [1.807, 2.05) is 35.3 Å². The number of carbonyl (C=O) groups excluding carboxylic acids is 1. The molecule has 0 saturated carbocycles. The summed E-state index contributed by atoms with van der Waals surface area (Å²) in [5, 5.41) is 3.31. The van der Waals surface area contributed by atoms with Crippen molar-refractivity contribution in [1.82, 2.24) is 20.3 Å². The number of hydrazine groups is 1. The Balaban J connectivity index is 1.32. The van der Waals surface area contributed by atoms with Crippen molar-refractivity contribution >= 4 is 16.8 Å². The Bertz CT molecular complexity index is 850. The molecule has 2 heterocycles. The molecule has 1 amide bonds. The van der Waals surface area contributed by atoms with Crippen LogP contribution >= 0.6 is 0 Å². The van der Waals surface area contributed by atoms with Gasteiger partial charge in [0.05, 0.1) is 0 Å². The lowest BCUT2D eigenvalue weighted by Gasteiger charge is -2.34. The third kappa shape index (κ3) is 3.57. The average Bonchev–Trinajstić information content (AvgIpc) is 3.07. The van der Waals surface area contributed by atoms with Crippen molar-refractivity contribution in [3.63, 3.8) is 0 Å². The number of fused-ring (bicyclic) bond motifs is 1. The van der Waals surface area contributed by atoms with E-state index in [4.69, 9.17) is 0 Å². The molecule has 4 rings (SSSR count). The second-order valence-electron chi connectivity index (χ2n) is 6.43. The standard InChI is InChI=1S/C20H22N4O/c25-20(16-6-2-1-3-7-16)22-24-12-10-23(11-13-24)15-17-14-21-19-9-5-4-8-18(17)19/h1-9,14,21H,10-13,15H2,(H,22,25). The van der Waals surface area contributed by atoms with Gasteiger partial charge in [0.15, 0.2) is 0 Å². The molecule has 1 aromatic heterocycles. The van der Waals surface area contributed by atoms with Gasteiger partial charge >= 0.3 is 0 Å². The number of aromatic amines is 1. The van der Waals surface area contributed by atoms with E-state index in [9.17, 15) is 4.79 Å². The first-order chi connectivity index (χ1) is 12.3. The quantitative estimate of drug-likeness (QED) is 0.771. The molecular weight excluding hydrogens is 312 g/mol. The monoisotopic (exact) mass is 334 g/mol. The van der Waals surface area contributed by atoms with Crippen molar-refractivity contribution in [2.75, 3.05) is 26.2 Å². The van der Waals surface area contributed by atoms with E-state index in [1.165, 1.54) is 16.5 Å². The summed E-state index contributed by atoms with van der Waals surface area (Å²) in [6.45, 7) is 4.48. The molecule has 2 aromatic carbocycles. The summed E-state index contributed by atoms with van der Waals surface area (Å²) >= 11 is 0. The normalized spacial score (nSPS) is 16.2. The van der Waals surface area contributed by atoms with Crippen LogP contribution in [-0.4, -0.2) is 47.0 Å². The first-order valence-corrected chi connectivity index (χ1v) is 8.68. The molecule has 0 spiro atoms. The molecule has 5 heteroatoms. The summed E-state index contributed by atoms with van der Waals surface area (Å²) in [6, 6.07) is 17.8. The van der Waals surface area contributed by atoms with Crippen molar-refractivity contribution in [3.05, 3.63) is 71.9 Å². The maximum atomic E-state index is 12.2. The van der Waals surface area contributed by atoms with Crippen LogP contribution in [0, 0.1) is 0 Å². The molecule has 0 bridgehead atoms. The van der Waals surface area contributed by atoms with E-state index in [0.717, 1.165) is 32.7 Å². The van der Waals surface area contributed by atoms with Crippen LogP contribution in [0.2, 0.25) is 0 Å². The number of rotatable bonds is 4. The van der Waals surface area contributed by atoms with Gasteiger partial charge in [-0.15, -0.1) is 0 Å². The molecule has 2 N–H and O–H groups in total. The maximum Gasteiger partial charge on any atom is 0.265 e. The minimum absolute atomic E-state index is 0.0364. The molecule has 0 atom stereocenters. The van der Waals surface area contributed by atoms with Crippen LogP contribution in [0.3, 0.4) is 0 Å². The molecule has 1 aliphatic rings. The number of hydrogen-bond acceptors (Lipinski definition) is 3. The highest BCUT2D eigenvalue weighted by atomic mass is 16.2. The molecule has 1 fully saturated rings. The van der Waals surface area contributed by atoms with E-state index in [0.29, 0.717) is 5.56 Å². The predicted molar refractivity (Wildman–Crippen MR) is 99.1 cm³/mol. The van der Waals surface area contributed by atoms with Crippen LogP contribution < -0.4 is 5.43 Å². The fraction of sp³-hybridized carbons (Fsp3) is 0.250. The van der Waals surface area contributed by atoms with Crippen LogP contribution in [0.1, 0.15) is 15.9 Å². The van der Waals surface area contributed by atoms with Crippen LogP contribution in [0.4, 0.5) is 0 Å². The first-order valence-electron chi connectivity index (χ1n) is 8.68. The number of para-hydroxylation sites is 1. The van der Waals surface area contributed by atoms with Gasteiger partial charge in [0.2, 0.25) is 0 Å². The van der Waals surface area contributed by atoms with Crippen molar-refractivity contribution in [3.8, 4) is 0 Å². The van der Waals surface area contributed by atoms with E-state index in [-0.39, 0.29) is 5.91 Å². The van der Waals surface area contributed by atoms with Gasteiger partial charge in [-0.3, -0.25) is 15.1 Å². The number of aromatic nitrogens is 1. The number of benzene rings is 2. The lowest BCUT2D eigenvalue weighted by molar-refractivity contribution is 0.0605. The minimum atomic E-state index is -0.0364. The van der Waals surface area contributed by atoms with E-state index in [2.05, 4.69) is 45.8 Å². The second-order valence-corrected chi connectivity index (χ2v) is 6.43. The Kier molecular flexibility index (Phi) is 4.50. The van der Waals surface area contributed by atoms with Gasteiger partial charge < -0.3 is 4.98 Å². The third-order valence-corrected chi connectivity index (χ3v) is 4.74. The molecule has 128 valence electrons. The fourth-order valence-electron chi connectivity index (χ4n) is 3.32. The van der Waals surface area contributed by atoms with Crippen LogP contribution in [0.15, 0.2) is 60.8 Å². The smallest absolute Gasteiger partial charge is 0.265 e. The SMILES string of the molecule is O=C(NN1CCN(Cc2c[nH]c3ccccc23)CC1)c1ccccc1. The number of nitrogens with one attached hydrogen (secondary N) is 2. The van der Waals surface area contributed by atoms with Crippen molar-refractivity contribution < 1.29 is 4.79 Å². The summed E-state index contributed by atoms with van der Waals surface area (Å²) in [6.07, 6.45) is 2.11. The number of hydrogen-bond donors (Lipinski definition) is 2. The molecular formula is C20H22N4O. The summed E-state index contributed by atoms with van der Waals surface area (Å²) < 4.78 is 0. The Morgan fingerprint density at radius 2 is 1.68 bits per heavy atom. The lowest BCUT2D eigenvalue weighted by atomic mass is 10.1. The molecule has 0 aliphatic carbocycles. The molecule has 3 aromatic rings. The van der Waals surface area contributed by atoms with Gasteiger partial charge in [0.25, 0.3) is 5.91 Å². The zero-order valence-corrected chi connectivity index (χ0v) is 14.1.